The van der Waals surface area contributed by atoms with Crippen LogP contribution in [0.1, 0.15) is 29.6 Å². The zero-order valence-electron chi connectivity index (χ0n) is 10.6. The first-order chi connectivity index (χ1) is 8.61. The van der Waals surface area contributed by atoms with Crippen molar-refractivity contribution < 1.29 is 4.79 Å². The third-order valence-electron chi connectivity index (χ3n) is 3.64. The SMILES string of the molecule is Cn1ccc(C(=O)NC2CCCC2CN)cc1=O. The van der Waals surface area contributed by atoms with E-state index in [9.17, 15) is 9.59 Å². The third-order valence-corrected chi connectivity index (χ3v) is 3.64. The average molecular weight is 249 g/mol. The van der Waals surface area contributed by atoms with Gasteiger partial charge < -0.3 is 15.6 Å². The lowest BCUT2D eigenvalue weighted by atomic mass is 10.0. The van der Waals surface area contributed by atoms with Gasteiger partial charge in [0.05, 0.1) is 0 Å². The molecular formula is C13H19N3O2. The fourth-order valence-corrected chi connectivity index (χ4v) is 2.45. The number of carbonyl (C=O) groups excluding carboxylic acids is 1. The Hall–Kier alpha value is -1.62. The van der Waals surface area contributed by atoms with Gasteiger partial charge in [-0.1, -0.05) is 6.42 Å². The Morgan fingerprint density at radius 3 is 3.00 bits per heavy atom. The molecule has 5 heteroatoms. The molecule has 5 nitrogen and oxygen atoms in total. The van der Waals surface area contributed by atoms with E-state index in [-0.39, 0.29) is 17.5 Å². The van der Waals surface area contributed by atoms with Gasteiger partial charge in [-0.25, -0.2) is 0 Å². The topological polar surface area (TPSA) is 77.1 Å². The summed E-state index contributed by atoms with van der Waals surface area (Å²) in [6.45, 7) is 0.599. The van der Waals surface area contributed by atoms with E-state index >= 15 is 0 Å². The number of hydrogen-bond acceptors (Lipinski definition) is 3. The number of nitrogens with zero attached hydrogens (tertiary/aromatic N) is 1. The first-order valence-corrected chi connectivity index (χ1v) is 6.29. The van der Waals surface area contributed by atoms with Crippen LogP contribution in [0.25, 0.3) is 0 Å². The summed E-state index contributed by atoms with van der Waals surface area (Å²) in [5.41, 5.74) is 5.92. The van der Waals surface area contributed by atoms with Crippen molar-refractivity contribution in [1.82, 2.24) is 9.88 Å². The molecule has 98 valence electrons. The van der Waals surface area contributed by atoms with Crippen molar-refractivity contribution in [3.8, 4) is 0 Å². The van der Waals surface area contributed by atoms with E-state index in [4.69, 9.17) is 5.73 Å². The number of nitrogens with one attached hydrogen (secondary N) is 1. The standard InChI is InChI=1S/C13H19N3O2/c1-16-6-5-9(7-12(16)17)13(18)15-11-4-2-3-10(11)8-14/h5-7,10-11H,2-4,8,14H2,1H3,(H,15,18). The summed E-state index contributed by atoms with van der Waals surface area (Å²) < 4.78 is 1.44. The molecule has 1 aliphatic carbocycles. The van der Waals surface area contributed by atoms with E-state index in [0.29, 0.717) is 18.0 Å². The second-order valence-electron chi connectivity index (χ2n) is 4.87. The maximum absolute atomic E-state index is 12.0. The number of aromatic nitrogens is 1. The summed E-state index contributed by atoms with van der Waals surface area (Å²) in [5.74, 6) is 0.179. The van der Waals surface area contributed by atoms with Crippen molar-refractivity contribution in [2.45, 2.75) is 25.3 Å². The lowest BCUT2D eigenvalue weighted by Gasteiger charge is -2.19. The van der Waals surface area contributed by atoms with Gasteiger partial charge in [0, 0.05) is 30.9 Å². The van der Waals surface area contributed by atoms with Crippen LogP contribution in [-0.2, 0) is 7.05 Å². The van der Waals surface area contributed by atoms with Gasteiger partial charge in [0.25, 0.3) is 11.5 Å². The molecule has 0 aliphatic heterocycles. The summed E-state index contributed by atoms with van der Waals surface area (Å²) in [4.78, 5) is 23.5. The lowest BCUT2D eigenvalue weighted by Crippen LogP contribution is -2.40. The molecule has 0 spiro atoms. The molecule has 0 radical (unpaired) electrons. The molecule has 1 amide bonds. The molecule has 2 unspecified atom stereocenters. The Bertz CT molecular complexity index is 495. The number of amides is 1. The van der Waals surface area contributed by atoms with E-state index in [2.05, 4.69) is 5.32 Å². The zero-order valence-corrected chi connectivity index (χ0v) is 10.6. The maximum Gasteiger partial charge on any atom is 0.251 e. The third kappa shape index (κ3) is 2.61. The summed E-state index contributed by atoms with van der Waals surface area (Å²) in [5, 5.41) is 2.98. The number of aryl methyl sites for hydroxylation is 1. The minimum atomic E-state index is -0.182. The van der Waals surface area contributed by atoms with Crippen LogP contribution in [0.4, 0.5) is 0 Å². The molecule has 2 rings (SSSR count). The summed E-state index contributed by atoms with van der Waals surface area (Å²) >= 11 is 0. The van der Waals surface area contributed by atoms with Crippen LogP contribution >= 0.6 is 0 Å². The number of pyridine rings is 1. The normalized spacial score (nSPS) is 23.0. The highest BCUT2D eigenvalue weighted by Gasteiger charge is 2.27. The van der Waals surface area contributed by atoms with Gasteiger partial charge in [-0.3, -0.25) is 9.59 Å². The van der Waals surface area contributed by atoms with Gasteiger partial charge in [-0.2, -0.15) is 0 Å². The van der Waals surface area contributed by atoms with Crippen molar-refractivity contribution >= 4 is 5.91 Å². The maximum atomic E-state index is 12.0. The average Bonchev–Trinajstić information content (AvgIpc) is 2.79. The molecule has 18 heavy (non-hydrogen) atoms. The van der Waals surface area contributed by atoms with Crippen molar-refractivity contribution in [2.75, 3.05) is 6.54 Å². The molecular weight excluding hydrogens is 230 g/mol. The van der Waals surface area contributed by atoms with Gasteiger partial charge in [0.15, 0.2) is 0 Å². The molecule has 0 bridgehead atoms. The predicted molar refractivity (Wildman–Crippen MR) is 69.3 cm³/mol. The Labute approximate surface area is 106 Å². The van der Waals surface area contributed by atoms with Gasteiger partial charge in [0.1, 0.15) is 0 Å². The Balaban J connectivity index is 2.07. The Morgan fingerprint density at radius 1 is 1.56 bits per heavy atom. The highest BCUT2D eigenvalue weighted by molar-refractivity contribution is 5.94. The number of rotatable bonds is 3. The second kappa shape index (κ2) is 5.35. The van der Waals surface area contributed by atoms with Gasteiger partial charge in [0.2, 0.25) is 0 Å². The number of hydrogen-bond donors (Lipinski definition) is 2. The quantitative estimate of drug-likeness (QED) is 0.805. The first kappa shape index (κ1) is 12.8. The highest BCUT2D eigenvalue weighted by atomic mass is 16.2. The van der Waals surface area contributed by atoms with E-state index in [1.165, 1.54) is 10.6 Å². The minimum absolute atomic E-state index is 0.145. The fraction of sp³-hybridized carbons (Fsp3) is 0.538. The molecule has 1 aromatic rings. The predicted octanol–water partition coefficient (Wildman–Crippen LogP) is 0.243. The molecule has 1 aromatic heterocycles. The monoisotopic (exact) mass is 249 g/mol. The molecule has 3 N–H and O–H groups in total. The fourth-order valence-electron chi connectivity index (χ4n) is 2.45. The Morgan fingerprint density at radius 2 is 2.33 bits per heavy atom. The molecule has 2 atom stereocenters. The largest absolute Gasteiger partial charge is 0.349 e. The van der Waals surface area contributed by atoms with E-state index in [0.717, 1.165) is 19.3 Å². The number of carbonyl (C=O) groups is 1. The van der Waals surface area contributed by atoms with Gasteiger partial charge in [-0.15, -0.1) is 0 Å². The van der Waals surface area contributed by atoms with Crippen LogP contribution in [0.3, 0.4) is 0 Å². The molecule has 1 fully saturated rings. The second-order valence-corrected chi connectivity index (χ2v) is 4.87. The van der Waals surface area contributed by atoms with Gasteiger partial charge >= 0.3 is 0 Å². The first-order valence-electron chi connectivity index (χ1n) is 6.29. The smallest absolute Gasteiger partial charge is 0.251 e. The van der Waals surface area contributed by atoms with Gasteiger partial charge in [-0.05, 0) is 31.4 Å². The highest BCUT2D eigenvalue weighted by Crippen LogP contribution is 2.24. The lowest BCUT2D eigenvalue weighted by molar-refractivity contribution is 0.0928. The van der Waals surface area contributed by atoms with Crippen molar-refractivity contribution in [2.24, 2.45) is 18.7 Å². The van der Waals surface area contributed by atoms with Crippen molar-refractivity contribution in [3.05, 3.63) is 34.2 Å². The van der Waals surface area contributed by atoms with Crippen LogP contribution in [0.5, 0.6) is 0 Å². The summed E-state index contributed by atoms with van der Waals surface area (Å²) in [7, 11) is 1.66. The molecule has 0 aromatic carbocycles. The van der Waals surface area contributed by atoms with E-state index in [1.54, 1.807) is 19.3 Å². The molecule has 1 saturated carbocycles. The minimum Gasteiger partial charge on any atom is -0.349 e. The summed E-state index contributed by atoms with van der Waals surface area (Å²) in [6, 6.07) is 3.16. The van der Waals surface area contributed by atoms with Crippen LogP contribution in [0.2, 0.25) is 0 Å². The van der Waals surface area contributed by atoms with Crippen LogP contribution in [-0.4, -0.2) is 23.1 Å². The van der Waals surface area contributed by atoms with Crippen LogP contribution in [0, 0.1) is 5.92 Å². The van der Waals surface area contributed by atoms with Crippen molar-refractivity contribution in [1.29, 1.82) is 0 Å². The summed E-state index contributed by atoms with van der Waals surface area (Å²) in [6.07, 6.45) is 4.74. The van der Waals surface area contributed by atoms with Crippen LogP contribution in [0.15, 0.2) is 23.1 Å². The van der Waals surface area contributed by atoms with Crippen LogP contribution < -0.4 is 16.6 Å². The van der Waals surface area contributed by atoms with E-state index in [1.807, 2.05) is 0 Å². The van der Waals surface area contributed by atoms with E-state index < -0.39 is 0 Å². The molecule has 1 heterocycles. The van der Waals surface area contributed by atoms with Crippen molar-refractivity contribution in [3.63, 3.8) is 0 Å². The zero-order chi connectivity index (χ0) is 13.1. The number of nitrogens with two attached hydrogens (primary N) is 1. The Kier molecular flexibility index (Phi) is 3.81. The molecule has 0 saturated heterocycles. The molecule has 1 aliphatic rings.